The topological polar surface area (TPSA) is 96.9 Å². The summed E-state index contributed by atoms with van der Waals surface area (Å²) in [5.74, 6) is 0.753. The Hall–Kier alpha value is -3.21. The molecule has 2 amide bonds. The highest BCUT2D eigenvalue weighted by Crippen LogP contribution is 2.39. The van der Waals surface area contributed by atoms with Gasteiger partial charge in [-0.3, -0.25) is 15.1 Å². The lowest BCUT2D eigenvalue weighted by atomic mass is 9.99. The Morgan fingerprint density at radius 2 is 1.76 bits per heavy atom. The van der Waals surface area contributed by atoms with E-state index in [4.69, 9.17) is 4.98 Å². The lowest BCUT2D eigenvalue weighted by Crippen LogP contribution is -2.20. The Morgan fingerprint density at radius 3 is 2.54 bits per heavy atom. The number of nitrogens with zero attached hydrogens (tertiary/aromatic N) is 3. The number of urea groups is 1. The highest BCUT2D eigenvalue weighted by atomic mass is 32.2. The molecule has 4 aromatic rings. The number of ketones is 1. The summed E-state index contributed by atoms with van der Waals surface area (Å²) < 4.78 is 0.978. The van der Waals surface area contributed by atoms with Gasteiger partial charge in [-0.1, -0.05) is 60.2 Å². The number of nitrogens with one attached hydrogen (secondary N) is 2. The van der Waals surface area contributed by atoms with Crippen LogP contribution in [-0.2, 0) is 5.75 Å². The van der Waals surface area contributed by atoms with E-state index in [0.717, 1.165) is 45.5 Å². The van der Waals surface area contributed by atoms with Crippen LogP contribution >= 0.6 is 34.9 Å². The van der Waals surface area contributed by atoms with Crippen LogP contribution in [0.2, 0.25) is 0 Å². The largest absolute Gasteiger partial charge is 0.325 e. The van der Waals surface area contributed by atoms with Gasteiger partial charge in [-0.05, 0) is 49.2 Å². The van der Waals surface area contributed by atoms with Gasteiger partial charge in [-0.15, -0.1) is 11.8 Å². The maximum atomic E-state index is 12.8. The zero-order valence-corrected chi connectivity index (χ0v) is 22.4. The van der Waals surface area contributed by atoms with Crippen LogP contribution in [0.1, 0.15) is 41.9 Å². The molecule has 0 atom stereocenters. The van der Waals surface area contributed by atoms with Crippen molar-refractivity contribution in [2.75, 3.05) is 10.6 Å². The molecule has 1 aliphatic rings. The first-order valence-corrected chi connectivity index (χ1v) is 14.6. The highest BCUT2D eigenvalue weighted by Gasteiger charge is 2.25. The lowest BCUT2D eigenvalue weighted by Gasteiger charge is -2.09. The van der Waals surface area contributed by atoms with Gasteiger partial charge in [0.15, 0.2) is 10.9 Å². The second-order valence-electron chi connectivity index (χ2n) is 8.48. The Labute approximate surface area is 227 Å². The van der Waals surface area contributed by atoms with Gasteiger partial charge in [0.25, 0.3) is 0 Å². The monoisotopic (exact) mass is 547 g/mol. The zero-order valence-electron chi connectivity index (χ0n) is 19.9. The average molecular weight is 548 g/mol. The van der Waals surface area contributed by atoms with Gasteiger partial charge in [0, 0.05) is 34.6 Å². The number of amides is 2. The summed E-state index contributed by atoms with van der Waals surface area (Å²) in [4.78, 5) is 40.0. The number of rotatable bonds is 9. The van der Waals surface area contributed by atoms with Gasteiger partial charge < -0.3 is 5.32 Å². The van der Waals surface area contributed by atoms with Crippen molar-refractivity contribution >= 4 is 57.5 Å². The number of benzene rings is 1. The Kier molecular flexibility index (Phi) is 8.49. The second-order valence-corrected chi connectivity index (χ2v) is 11.8. The normalized spacial score (nSPS) is 13.4. The first-order chi connectivity index (χ1) is 18.1. The number of hydrogen-bond acceptors (Lipinski definition) is 8. The molecule has 10 heteroatoms. The molecule has 3 aromatic heterocycles. The smallest absolute Gasteiger partial charge is 0.308 e. The first kappa shape index (κ1) is 25.4. The van der Waals surface area contributed by atoms with E-state index in [1.54, 1.807) is 36.3 Å². The second kappa shape index (κ2) is 12.4. The molecule has 0 saturated heterocycles. The average Bonchev–Trinajstić information content (AvgIpc) is 3.59. The van der Waals surface area contributed by atoms with Crippen LogP contribution in [-0.4, -0.2) is 26.8 Å². The summed E-state index contributed by atoms with van der Waals surface area (Å²) in [6.45, 7) is 0. The van der Waals surface area contributed by atoms with E-state index in [1.165, 1.54) is 23.1 Å². The molecule has 0 aliphatic heterocycles. The van der Waals surface area contributed by atoms with Crippen molar-refractivity contribution < 1.29 is 9.59 Å². The zero-order chi connectivity index (χ0) is 25.5. The van der Waals surface area contributed by atoms with Gasteiger partial charge in [-0.25, -0.2) is 14.8 Å². The molecule has 7 nitrogen and oxygen atoms in total. The molecule has 1 fully saturated rings. The molecule has 0 spiro atoms. The van der Waals surface area contributed by atoms with Crippen LogP contribution in [0.4, 0.5) is 15.6 Å². The molecule has 0 unspecified atom stereocenters. The van der Waals surface area contributed by atoms with Crippen LogP contribution < -0.4 is 10.6 Å². The predicted octanol–water partition coefficient (Wildman–Crippen LogP) is 7.39. The number of thioether (sulfide) groups is 1. The molecular weight excluding hydrogens is 523 g/mol. The number of anilines is 2. The highest BCUT2D eigenvalue weighted by molar-refractivity contribution is 8.01. The molecule has 37 heavy (non-hydrogen) atoms. The molecular formula is C27H25N5O2S3. The van der Waals surface area contributed by atoms with Crippen molar-refractivity contribution in [1.82, 2.24) is 15.0 Å². The van der Waals surface area contributed by atoms with E-state index in [0.29, 0.717) is 22.3 Å². The molecule has 0 bridgehead atoms. The minimum absolute atomic E-state index is 0.0362. The number of pyridine rings is 2. The molecule has 1 saturated carbocycles. The molecule has 1 aliphatic carbocycles. The fraction of sp³-hybridized carbons (Fsp3) is 0.222. The fourth-order valence-corrected chi connectivity index (χ4v) is 7.13. The van der Waals surface area contributed by atoms with Crippen molar-refractivity contribution in [3.05, 3.63) is 84.4 Å². The van der Waals surface area contributed by atoms with E-state index in [-0.39, 0.29) is 11.7 Å². The van der Waals surface area contributed by atoms with E-state index in [1.807, 2.05) is 36.4 Å². The van der Waals surface area contributed by atoms with Crippen LogP contribution in [0.15, 0.2) is 87.2 Å². The summed E-state index contributed by atoms with van der Waals surface area (Å²) in [5.41, 5.74) is 1.81. The lowest BCUT2D eigenvalue weighted by molar-refractivity contribution is 0.0917. The minimum Gasteiger partial charge on any atom is -0.308 e. The van der Waals surface area contributed by atoms with Gasteiger partial charge in [0.2, 0.25) is 0 Å². The third kappa shape index (κ3) is 6.97. The summed E-state index contributed by atoms with van der Waals surface area (Å²) in [6, 6.07) is 18.8. The quantitative estimate of drug-likeness (QED) is 0.166. The molecule has 0 radical (unpaired) electrons. The number of carbonyl (C=O) groups excluding carboxylic acids is 2. The van der Waals surface area contributed by atoms with Gasteiger partial charge in [0.1, 0.15) is 10.7 Å². The summed E-state index contributed by atoms with van der Waals surface area (Å²) in [6.07, 6.45) is 7.30. The third-order valence-electron chi connectivity index (χ3n) is 5.83. The van der Waals surface area contributed by atoms with Gasteiger partial charge in [-0.2, -0.15) is 0 Å². The van der Waals surface area contributed by atoms with Crippen LogP contribution in [0.5, 0.6) is 0 Å². The van der Waals surface area contributed by atoms with Crippen molar-refractivity contribution in [3.8, 4) is 0 Å². The molecule has 5 rings (SSSR count). The van der Waals surface area contributed by atoms with E-state index in [2.05, 4.69) is 32.7 Å². The number of Topliss-reactive ketones (excluding diaryl/α,β-unsaturated/α-hetero) is 1. The fourth-order valence-electron chi connectivity index (χ4n) is 4.03. The number of aromatic nitrogens is 3. The SMILES string of the molecule is O=C(Nc1ccnc(C(=O)C2CCCC2)c1)Nc1nc(CSc2ccccc2)c(Sc2ccccn2)s1. The molecule has 3 heterocycles. The van der Waals surface area contributed by atoms with Crippen molar-refractivity contribution in [2.45, 2.75) is 45.6 Å². The van der Waals surface area contributed by atoms with Gasteiger partial charge in [0.05, 0.1) is 9.90 Å². The first-order valence-electron chi connectivity index (χ1n) is 12.0. The Balaban J connectivity index is 1.27. The third-order valence-corrected chi connectivity index (χ3v) is 9.03. The van der Waals surface area contributed by atoms with Crippen molar-refractivity contribution in [3.63, 3.8) is 0 Å². The number of thiazole rings is 1. The van der Waals surface area contributed by atoms with Crippen molar-refractivity contribution in [2.24, 2.45) is 5.92 Å². The summed E-state index contributed by atoms with van der Waals surface area (Å²) >= 11 is 4.64. The maximum absolute atomic E-state index is 12.8. The maximum Gasteiger partial charge on any atom is 0.325 e. The predicted molar refractivity (Wildman–Crippen MR) is 150 cm³/mol. The van der Waals surface area contributed by atoms with Crippen LogP contribution in [0.3, 0.4) is 0 Å². The van der Waals surface area contributed by atoms with E-state index in [9.17, 15) is 9.59 Å². The van der Waals surface area contributed by atoms with Crippen LogP contribution in [0.25, 0.3) is 0 Å². The Morgan fingerprint density at radius 1 is 0.946 bits per heavy atom. The number of carbonyl (C=O) groups is 2. The number of hydrogen-bond donors (Lipinski definition) is 2. The standard InChI is InChI=1S/C27H25N5O2S3/c33-24(18-8-4-5-9-18)21-16-19(13-15-28-21)30-26(34)32-27-31-22(17-35-20-10-2-1-3-11-20)25(37-27)36-23-12-6-7-14-29-23/h1-3,6-7,10-16,18H,4-5,8-9,17H2,(H2,28,30,31,32,34). The van der Waals surface area contributed by atoms with E-state index >= 15 is 0 Å². The summed E-state index contributed by atoms with van der Waals surface area (Å²) in [7, 11) is 0. The van der Waals surface area contributed by atoms with Crippen LogP contribution in [0, 0.1) is 5.92 Å². The molecule has 2 N–H and O–H groups in total. The molecule has 188 valence electrons. The minimum atomic E-state index is -0.420. The summed E-state index contributed by atoms with van der Waals surface area (Å²) in [5, 5.41) is 7.02. The molecule has 1 aromatic carbocycles. The van der Waals surface area contributed by atoms with Gasteiger partial charge >= 0.3 is 6.03 Å². The Bertz CT molecular complexity index is 1360. The van der Waals surface area contributed by atoms with Crippen molar-refractivity contribution in [1.29, 1.82) is 0 Å². The van der Waals surface area contributed by atoms with E-state index < -0.39 is 6.03 Å².